The van der Waals surface area contributed by atoms with Crippen LogP contribution in [0.15, 0.2) is 18.2 Å². The van der Waals surface area contributed by atoms with Crippen LogP contribution in [0.1, 0.15) is 5.69 Å². The fraction of sp³-hybridized carbons (Fsp3) is 0.231. The number of carboxylic acids is 1. The second-order valence-electron chi connectivity index (χ2n) is 4.27. The Balaban J connectivity index is 2.46. The lowest BCUT2D eigenvalue weighted by Crippen LogP contribution is -2.36. The molecular formula is C13H12Cl2N2O3. The Bertz CT molecular complexity index is 676. The molecule has 0 amide bonds. The summed E-state index contributed by atoms with van der Waals surface area (Å²) in [5.74, 6) is -0.866. The predicted molar refractivity (Wildman–Crippen MR) is 77.6 cm³/mol. The highest BCUT2D eigenvalue weighted by Gasteiger charge is 2.17. The first kappa shape index (κ1) is 14.8. The number of carboxylic acid groups (broad SMARTS) is 1. The summed E-state index contributed by atoms with van der Waals surface area (Å²) in [7, 11) is 0. The smallest absolute Gasteiger partial charge is 0.324 e. The summed E-state index contributed by atoms with van der Waals surface area (Å²) in [5, 5.41) is 10.2. The maximum absolute atomic E-state index is 10.7. The van der Waals surface area contributed by atoms with Crippen LogP contribution in [0.5, 0.6) is 5.75 Å². The molecule has 0 aliphatic rings. The van der Waals surface area contributed by atoms with E-state index in [1.165, 1.54) is 6.07 Å². The van der Waals surface area contributed by atoms with Crippen molar-refractivity contribution in [1.82, 2.24) is 4.98 Å². The standard InChI is InChI=1S/C13H12Cl2N2O3/c1-6-2-3-7-8(14)4-9(15)12(11(7)17-6)20-5-10(16)13(18)19/h2-4,10H,5,16H2,1H3,(H,18,19). The zero-order valence-electron chi connectivity index (χ0n) is 10.6. The molecular weight excluding hydrogens is 303 g/mol. The molecule has 20 heavy (non-hydrogen) atoms. The molecule has 0 aliphatic carbocycles. The maximum atomic E-state index is 10.7. The quantitative estimate of drug-likeness (QED) is 0.906. The number of aliphatic carboxylic acids is 1. The van der Waals surface area contributed by atoms with Gasteiger partial charge in [-0.15, -0.1) is 0 Å². The van der Waals surface area contributed by atoms with Crippen LogP contribution in [-0.2, 0) is 4.79 Å². The highest BCUT2D eigenvalue weighted by molar-refractivity contribution is 6.39. The van der Waals surface area contributed by atoms with E-state index in [-0.39, 0.29) is 17.4 Å². The minimum atomic E-state index is -1.15. The molecule has 0 aliphatic heterocycles. The van der Waals surface area contributed by atoms with E-state index >= 15 is 0 Å². The summed E-state index contributed by atoms with van der Waals surface area (Å²) >= 11 is 12.2. The van der Waals surface area contributed by atoms with E-state index < -0.39 is 12.0 Å². The predicted octanol–water partition coefficient (Wildman–Crippen LogP) is 2.64. The van der Waals surface area contributed by atoms with E-state index in [0.29, 0.717) is 15.9 Å². The molecule has 0 fully saturated rings. The largest absolute Gasteiger partial charge is 0.487 e. The van der Waals surface area contributed by atoms with Crippen molar-refractivity contribution in [2.24, 2.45) is 5.73 Å². The summed E-state index contributed by atoms with van der Waals surface area (Å²) in [6.45, 7) is 1.61. The Kier molecular flexibility index (Phi) is 4.32. The van der Waals surface area contributed by atoms with Crippen LogP contribution in [-0.4, -0.2) is 28.7 Å². The number of nitrogens with two attached hydrogens (primary N) is 1. The molecule has 1 heterocycles. The monoisotopic (exact) mass is 314 g/mol. The van der Waals surface area contributed by atoms with Crippen LogP contribution >= 0.6 is 23.2 Å². The average Bonchev–Trinajstić information content (AvgIpc) is 2.37. The number of carbonyl (C=O) groups is 1. The zero-order chi connectivity index (χ0) is 14.9. The maximum Gasteiger partial charge on any atom is 0.324 e. The highest BCUT2D eigenvalue weighted by atomic mass is 35.5. The molecule has 106 valence electrons. The van der Waals surface area contributed by atoms with Crippen molar-refractivity contribution < 1.29 is 14.6 Å². The second-order valence-corrected chi connectivity index (χ2v) is 5.09. The average molecular weight is 315 g/mol. The van der Waals surface area contributed by atoms with Gasteiger partial charge in [0.2, 0.25) is 0 Å². The van der Waals surface area contributed by atoms with Gasteiger partial charge in [-0.2, -0.15) is 0 Å². The summed E-state index contributed by atoms with van der Waals surface area (Å²) in [6, 6.07) is 4.01. The first-order valence-corrected chi connectivity index (χ1v) is 6.52. The number of fused-ring (bicyclic) bond motifs is 1. The molecule has 5 nitrogen and oxygen atoms in total. The van der Waals surface area contributed by atoms with Crippen molar-refractivity contribution in [2.75, 3.05) is 6.61 Å². The number of nitrogens with zero attached hydrogens (tertiary/aromatic N) is 1. The van der Waals surface area contributed by atoms with E-state index in [1.54, 1.807) is 6.07 Å². The third-order valence-corrected chi connectivity index (χ3v) is 3.30. The van der Waals surface area contributed by atoms with Crippen molar-refractivity contribution in [1.29, 1.82) is 0 Å². The van der Waals surface area contributed by atoms with Gasteiger partial charge in [0.15, 0.2) is 5.75 Å². The number of halogens is 2. The molecule has 0 saturated carbocycles. The summed E-state index contributed by atoms with van der Waals surface area (Å²) < 4.78 is 5.42. The molecule has 7 heteroatoms. The molecule has 2 aromatic rings. The molecule has 1 aromatic carbocycles. The summed E-state index contributed by atoms with van der Waals surface area (Å²) in [5.41, 5.74) is 6.66. The molecule has 2 rings (SSSR count). The number of hydrogen-bond acceptors (Lipinski definition) is 4. The van der Waals surface area contributed by atoms with Crippen LogP contribution in [0, 0.1) is 6.92 Å². The first-order valence-electron chi connectivity index (χ1n) is 5.76. The van der Waals surface area contributed by atoms with Crippen molar-refractivity contribution >= 4 is 40.1 Å². The first-order chi connectivity index (χ1) is 9.40. The van der Waals surface area contributed by atoms with Crippen LogP contribution in [0.4, 0.5) is 0 Å². The molecule has 1 unspecified atom stereocenters. The second kappa shape index (κ2) is 5.83. The molecule has 0 spiro atoms. The Morgan fingerprint density at radius 2 is 2.15 bits per heavy atom. The molecule has 0 saturated heterocycles. The number of rotatable bonds is 4. The van der Waals surface area contributed by atoms with E-state index in [1.807, 2.05) is 13.0 Å². The van der Waals surface area contributed by atoms with Crippen LogP contribution in [0.25, 0.3) is 10.9 Å². The fourth-order valence-electron chi connectivity index (χ4n) is 1.67. The van der Waals surface area contributed by atoms with E-state index in [2.05, 4.69) is 4.98 Å². The normalized spacial score (nSPS) is 12.4. The van der Waals surface area contributed by atoms with Gasteiger partial charge in [-0.1, -0.05) is 23.2 Å². The van der Waals surface area contributed by atoms with Gasteiger partial charge >= 0.3 is 5.97 Å². The Hall–Kier alpha value is -1.56. The van der Waals surface area contributed by atoms with Crippen LogP contribution < -0.4 is 10.5 Å². The lowest BCUT2D eigenvalue weighted by Gasteiger charge is -2.13. The van der Waals surface area contributed by atoms with Gasteiger partial charge in [-0.25, -0.2) is 4.98 Å². The van der Waals surface area contributed by atoms with E-state index in [9.17, 15) is 4.79 Å². The number of pyridine rings is 1. The third kappa shape index (κ3) is 2.95. The number of ether oxygens (including phenoxy) is 1. The van der Waals surface area contributed by atoms with Gasteiger partial charge in [0.05, 0.1) is 10.0 Å². The van der Waals surface area contributed by atoms with Crippen molar-refractivity contribution in [2.45, 2.75) is 13.0 Å². The minimum Gasteiger partial charge on any atom is -0.487 e. The summed E-state index contributed by atoms with van der Waals surface area (Å²) in [6.07, 6.45) is 0. The lowest BCUT2D eigenvalue weighted by molar-refractivity contribution is -0.139. The Morgan fingerprint density at radius 1 is 1.45 bits per heavy atom. The molecule has 3 N–H and O–H groups in total. The SMILES string of the molecule is Cc1ccc2c(Cl)cc(Cl)c(OCC(N)C(=O)O)c2n1. The van der Waals surface area contributed by atoms with Gasteiger partial charge < -0.3 is 15.6 Å². The van der Waals surface area contributed by atoms with E-state index in [0.717, 1.165) is 5.69 Å². The molecule has 0 radical (unpaired) electrons. The van der Waals surface area contributed by atoms with Gasteiger partial charge in [-0.3, -0.25) is 4.79 Å². The van der Waals surface area contributed by atoms with Crippen molar-refractivity contribution in [3.8, 4) is 5.75 Å². The van der Waals surface area contributed by atoms with Crippen molar-refractivity contribution in [3.05, 3.63) is 33.9 Å². The van der Waals surface area contributed by atoms with Crippen molar-refractivity contribution in [3.63, 3.8) is 0 Å². The molecule has 0 bridgehead atoms. The highest BCUT2D eigenvalue weighted by Crippen LogP contribution is 2.37. The Labute approximate surface area is 125 Å². The summed E-state index contributed by atoms with van der Waals surface area (Å²) in [4.78, 5) is 15.0. The van der Waals surface area contributed by atoms with Gasteiger partial charge in [0.1, 0.15) is 18.2 Å². The third-order valence-electron chi connectivity index (χ3n) is 2.70. The van der Waals surface area contributed by atoms with E-state index in [4.69, 9.17) is 38.8 Å². The van der Waals surface area contributed by atoms with Gasteiger partial charge in [0.25, 0.3) is 0 Å². The zero-order valence-corrected chi connectivity index (χ0v) is 12.1. The minimum absolute atomic E-state index is 0.207. The fourth-order valence-corrected chi connectivity index (χ4v) is 2.24. The number of benzene rings is 1. The lowest BCUT2D eigenvalue weighted by atomic mass is 10.2. The topological polar surface area (TPSA) is 85.4 Å². The van der Waals surface area contributed by atoms with Gasteiger partial charge in [0, 0.05) is 11.1 Å². The number of hydrogen-bond donors (Lipinski definition) is 2. The number of aromatic nitrogens is 1. The Morgan fingerprint density at radius 3 is 2.80 bits per heavy atom. The van der Waals surface area contributed by atoms with Crippen LogP contribution in [0.2, 0.25) is 10.0 Å². The van der Waals surface area contributed by atoms with Crippen LogP contribution in [0.3, 0.4) is 0 Å². The molecule has 1 aromatic heterocycles. The molecule has 1 atom stereocenters. The van der Waals surface area contributed by atoms with Gasteiger partial charge in [-0.05, 0) is 25.1 Å². The number of aryl methyl sites for hydroxylation is 1.